The zero-order chi connectivity index (χ0) is 14.1. The Kier molecular flexibility index (Phi) is 3.66. The van der Waals surface area contributed by atoms with Crippen LogP contribution in [0.1, 0.15) is 30.4 Å². The fraction of sp³-hybridized carbons (Fsp3) is 0.562. The second kappa shape index (κ2) is 5.44. The van der Waals surface area contributed by atoms with E-state index in [4.69, 9.17) is 11.1 Å². The predicted molar refractivity (Wildman–Crippen MR) is 83.6 cm³/mol. The third kappa shape index (κ3) is 2.52. The number of benzene rings is 1. The van der Waals surface area contributed by atoms with Gasteiger partial charge in [-0.2, -0.15) is 0 Å². The molecule has 0 radical (unpaired) electrons. The molecule has 0 bridgehead atoms. The van der Waals surface area contributed by atoms with E-state index in [0.29, 0.717) is 0 Å². The number of likely N-dealkylation sites (tertiary alicyclic amines) is 1. The summed E-state index contributed by atoms with van der Waals surface area (Å²) in [5.74, 6) is 0.158. The molecule has 0 aliphatic carbocycles. The molecule has 2 heterocycles. The Hall–Kier alpha value is -1.55. The van der Waals surface area contributed by atoms with E-state index in [1.165, 1.54) is 38.0 Å². The fourth-order valence-corrected chi connectivity index (χ4v) is 3.53. The first kappa shape index (κ1) is 13.4. The van der Waals surface area contributed by atoms with E-state index in [9.17, 15) is 0 Å². The Morgan fingerprint density at radius 3 is 2.65 bits per heavy atom. The van der Waals surface area contributed by atoms with Crippen molar-refractivity contribution in [2.75, 3.05) is 31.1 Å². The van der Waals surface area contributed by atoms with Gasteiger partial charge in [0.15, 0.2) is 0 Å². The fourth-order valence-electron chi connectivity index (χ4n) is 3.53. The van der Waals surface area contributed by atoms with Crippen molar-refractivity contribution < 1.29 is 0 Å². The zero-order valence-electron chi connectivity index (χ0n) is 12.2. The summed E-state index contributed by atoms with van der Waals surface area (Å²) >= 11 is 0. The molecule has 108 valence electrons. The molecule has 1 unspecified atom stereocenters. The quantitative estimate of drug-likeness (QED) is 0.653. The van der Waals surface area contributed by atoms with Crippen LogP contribution in [0.15, 0.2) is 18.2 Å². The molecule has 2 aliphatic heterocycles. The van der Waals surface area contributed by atoms with Gasteiger partial charge in [-0.25, -0.2) is 0 Å². The van der Waals surface area contributed by atoms with Gasteiger partial charge in [-0.15, -0.1) is 0 Å². The van der Waals surface area contributed by atoms with Crippen molar-refractivity contribution >= 4 is 11.5 Å². The van der Waals surface area contributed by atoms with Crippen LogP contribution in [-0.4, -0.2) is 43.0 Å². The molecule has 0 saturated carbocycles. The van der Waals surface area contributed by atoms with Crippen molar-refractivity contribution in [2.45, 2.75) is 32.2 Å². The maximum absolute atomic E-state index is 7.56. The van der Waals surface area contributed by atoms with E-state index in [1.807, 2.05) is 13.0 Å². The minimum atomic E-state index is 0.158. The van der Waals surface area contributed by atoms with E-state index in [-0.39, 0.29) is 5.84 Å². The molecule has 2 saturated heterocycles. The van der Waals surface area contributed by atoms with Crippen LogP contribution >= 0.6 is 0 Å². The van der Waals surface area contributed by atoms with Crippen LogP contribution in [0.2, 0.25) is 0 Å². The van der Waals surface area contributed by atoms with Crippen LogP contribution in [0.25, 0.3) is 0 Å². The second-order valence-electron chi connectivity index (χ2n) is 6.04. The zero-order valence-corrected chi connectivity index (χ0v) is 12.2. The van der Waals surface area contributed by atoms with Gasteiger partial charge in [0.2, 0.25) is 0 Å². The Balaban J connectivity index is 1.71. The van der Waals surface area contributed by atoms with Crippen LogP contribution in [0.4, 0.5) is 5.69 Å². The monoisotopic (exact) mass is 272 g/mol. The maximum atomic E-state index is 7.56. The van der Waals surface area contributed by atoms with E-state index >= 15 is 0 Å². The van der Waals surface area contributed by atoms with Crippen LogP contribution in [-0.2, 0) is 0 Å². The largest absolute Gasteiger partial charge is 0.384 e. The van der Waals surface area contributed by atoms with Gasteiger partial charge in [-0.1, -0.05) is 0 Å². The number of rotatable bonds is 3. The summed E-state index contributed by atoms with van der Waals surface area (Å²) < 4.78 is 0. The number of amidine groups is 1. The lowest BCUT2D eigenvalue weighted by Gasteiger charge is -2.25. The number of hydrogen-bond donors (Lipinski definition) is 2. The van der Waals surface area contributed by atoms with Gasteiger partial charge in [0.1, 0.15) is 5.84 Å². The van der Waals surface area contributed by atoms with E-state index in [0.717, 1.165) is 30.3 Å². The molecular weight excluding hydrogens is 248 g/mol. The summed E-state index contributed by atoms with van der Waals surface area (Å²) in [6, 6.07) is 6.99. The highest BCUT2D eigenvalue weighted by molar-refractivity contribution is 5.96. The highest BCUT2D eigenvalue weighted by Crippen LogP contribution is 2.26. The lowest BCUT2D eigenvalue weighted by atomic mass is 10.1. The van der Waals surface area contributed by atoms with Gasteiger partial charge < -0.3 is 10.6 Å². The molecule has 0 spiro atoms. The number of nitrogens with zero attached hydrogens (tertiary/aromatic N) is 2. The average Bonchev–Trinajstić information content (AvgIpc) is 3.09. The van der Waals surface area contributed by atoms with Gasteiger partial charge in [0.05, 0.1) is 0 Å². The van der Waals surface area contributed by atoms with Gasteiger partial charge in [-0.05, 0) is 63.0 Å². The summed E-state index contributed by atoms with van der Waals surface area (Å²) in [5, 5.41) is 7.56. The van der Waals surface area contributed by atoms with Crippen LogP contribution in [0, 0.1) is 12.3 Å². The molecule has 3 N–H and O–H groups in total. The Morgan fingerprint density at radius 2 is 2.00 bits per heavy atom. The molecule has 20 heavy (non-hydrogen) atoms. The van der Waals surface area contributed by atoms with E-state index in [2.05, 4.69) is 21.9 Å². The SMILES string of the molecule is Cc1cc(N2CCC(N3CCCC3)C2)ccc1C(=N)N. The Labute approximate surface area is 121 Å². The van der Waals surface area contributed by atoms with Crippen molar-refractivity contribution in [1.82, 2.24) is 4.90 Å². The normalized spacial score (nSPS) is 23.4. The van der Waals surface area contributed by atoms with Crippen LogP contribution in [0.3, 0.4) is 0 Å². The van der Waals surface area contributed by atoms with Crippen molar-refractivity contribution in [3.8, 4) is 0 Å². The summed E-state index contributed by atoms with van der Waals surface area (Å²) in [4.78, 5) is 5.12. The molecular formula is C16H24N4. The minimum absolute atomic E-state index is 0.158. The van der Waals surface area contributed by atoms with Crippen molar-refractivity contribution in [3.05, 3.63) is 29.3 Å². The topological polar surface area (TPSA) is 56.4 Å². The third-order valence-corrected chi connectivity index (χ3v) is 4.69. The number of anilines is 1. The standard InChI is InChI=1S/C16H24N4/c1-12-10-13(4-5-15(12)16(17)18)20-9-6-14(11-20)19-7-2-3-8-19/h4-5,10,14H,2-3,6-9,11H2,1H3,(H3,17,18). The Morgan fingerprint density at radius 1 is 1.25 bits per heavy atom. The lowest BCUT2D eigenvalue weighted by molar-refractivity contribution is 0.260. The number of hydrogen-bond acceptors (Lipinski definition) is 3. The number of nitrogens with two attached hydrogens (primary N) is 1. The molecule has 4 heteroatoms. The van der Waals surface area contributed by atoms with Gasteiger partial charge in [0, 0.05) is 30.4 Å². The molecule has 2 fully saturated rings. The third-order valence-electron chi connectivity index (χ3n) is 4.69. The smallest absolute Gasteiger partial charge is 0.123 e. The number of aryl methyl sites for hydroxylation is 1. The summed E-state index contributed by atoms with van der Waals surface area (Å²) in [6.07, 6.45) is 4.00. The molecule has 0 amide bonds. The first-order valence-corrected chi connectivity index (χ1v) is 7.59. The molecule has 2 aliphatic rings. The molecule has 1 atom stereocenters. The maximum Gasteiger partial charge on any atom is 0.123 e. The minimum Gasteiger partial charge on any atom is -0.384 e. The molecule has 1 aromatic carbocycles. The summed E-state index contributed by atoms with van der Waals surface area (Å²) in [6.45, 7) is 6.87. The molecule has 0 aromatic heterocycles. The number of nitrogen functional groups attached to an aromatic ring is 1. The number of nitrogens with one attached hydrogen (secondary N) is 1. The van der Waals surface area contributed by atoms with Gasteiger partial charge in [-0.3, -0.25) is 10.3 Å². The van der Waals surface area contributed by atoms with Crippen LogP contribution < -0.4 is 10.6 Å². The summed E-state index contributed by atoms with van der Waals surface area (Å²) in [5.41, 5.74) is 8.81. The summed E-state index contributed by atoms with van der Waals surface area (Å²) in [7, 11) is 0. The van der Waals surface area contributed by atoms with Crippen molar-refractivity contribution in [2.24, 2.45) is 5.73 Å². The van der Waals surface area contributed by atoms with Gasteiger partial charge >= 0.3 is 0 Å². The predicted octanol–water partition coefficient (Wildman–Crippen LogP) is 1.95. The van der Waals surface area contributed by atoms with Crippen LogP contribution in [0.5, 0.6) is 0 Å². The van der Waals surface area contributed by atoms with E-state index < -0.39 is 0 Å². The first-order valence-electron chi connectivity index (χ1n) is 7.59. The lowest BCUT2D eigenvalue weighted by Crippen LogP contribution is -2.35. The molecule has 3 rings (SSSR count). The van der Waals surface area contributed by atoms with Gasteiger partial charge in [0.25, 0.3) is 0 Å². The van der Waals surface area contributed by atoms with Crippen molar-refractivity contribution in [3.63, 3.8) is 0 Å². The first-order chi connectivity index (χ1) is 9.65. The van der Waals surface area contributed by atoms with Crippen molar-refractivity contribution in [1.29, 1.82) is 5.41 Å². The molecule has 1 aromatic rings. The average molecular weight is 272 g/mol. The highest BCUT2D eigenvalue weighted by Gasteiger charge is 2.29. The van der Waals surface area contributed by atoms with E-state index in [1.54, 1.807) is 0 Å². The Bertz CT molecular complexity index is 505. The second-order valence-corrected chi connectivity index (χ2v) is 6.04. The molecule has 4 nitrogen and oxygen atoms in total. The highest BCUT2D eigenvalue weighted by atomic mass is 15.3.